The summed E-state index contributed by atoms with van der Waals surface area (Å²) in [5.41, 5.74) is 2.53. The van der Waals surface area contributed by atoms with Gasteiger partial charge in [0.15, 0.2) is 0 Å². The van der Waals surface area contributed by atoms with Crippen LogP contribution in [0.4, 0.5) is 5.82 Å². The summed E-state index contributed by atoms with van der Waals surface area (Å²) in [5, 5.41) is 3.38. The smallest absolute Gasteiger partial charge is 0.209 e. The molecule has 19 heavy (non-hydrogen) atoms. The number of hydrogen-bond donors (Lipinski definition) is 1. The SMILES string of the molecule is O=CN1CC[C@@H](CCc2ccc3c(n2)NCCC3)C1. The molecular formula is C15H21N3O. The van der Waals surface area contributed by atoms with Gasteiger partial charge in [-0.05, 0) is 49.7 Å². The molecule has 1 N–H and O–H groups in total. The zero-order valence-electron chi connectivity index (χ0n) is 11.3. The van der Waals surface area contributed by atoms with Crippen molar-refractivity contribution >= 4 is 12.2 Å². The van der Waals surface area contributed by atoms with Gasteiger partial charge in [-0.1, -0.05) is 6.07 Å². The van der Waals surface area contributed by atoms with Gasteiger partial charge in [0.05, 0.1) is 0 Å². The third-order valence-corrected chi connectivity index (χ3v) is 4.23. The van der Waals surface area contributed by atoms with E-state index in [2.05, 4.69) is 17.4 Å². The summed E-state index contributed by atoms with van der Waals surface area (Å²) in [6.07, 6.45) is 6.62. The van der Waals surface area contributed by atoms with E-state index in [1.54, 1.807) is 0 Å². The van der Waals surface area contributed by atoms with Gasteiger partial charge in [0, 0.05) is 25.3 Å². The largest absolute Gasteiger partial charge is 0.370 e. The topological polar surface area (TPSA) is 45.2 Å². The maximum absolute atomic E-state index is 10.7. The van der Waals surface area contributed by atoms with Gasteiger partial charge in [-0.3, -0.25) is 4.79 Å². The van der Waals surface area contributed by atoms with E-state index in [-0.39, 0.29) is 0 Å². The molecule has 4 nitrogen and oxygen atoms in total. The molecule has 1 amide bonds. The Balaban J connectivity index is 1.57. The number of amides is 1. The molecule has 1 atom stereocenters. The number of anilines is 1. The molecule has 1 fully saturated rings. The Hall–Kier alpha value is -1.58. The lowest BCUT2D eigenvalue weighted by molar-refractivity contribution is -0.117. The van der Waals surface area contributed by atoms with E-state index in [9.17, 15) is 4.79 Å². The van der Waals surface area contributed by atoms with Crippen molar-refractivity contribution in [2.75, 3.05) is 25.0 Å². The predicted molar refractivity (Wildman–Crippen MR) is 75.1 cm³/mol. The maximum atomic E-state index is 10.7. The Morgan fingerprint density at radius 1 is 1.47 bits per heavy atom. The molecule has 0 radical (unpaired) electrons. The lowest BCUT2D eigenvalue weighted by Crippen LogP contribution is -2.18. The summed E-state index contributed by atoms with van der Waals surface area (Å²) in [6, 6.07) is 4.38. The predicted octanol–water partition coefficient (Wildman–Crippen LogP) is 1.85. The second kappa shape index (κ2) is 5.59. The van der Waals surface area contributed by atoms with E-state index in [1.165, 1.54) is 17.7 Å². The summed E-state index contributed by atoms with van der Waals surface area (Å²) in [4.78, 5) is 17.3. The highest BCUT2D eigenvalue weighted by molar-refractivity contribution is 5.48. The van der Waals surface area contributed by atoms with Gasteiger partial charge in [-0.15, -0.1) is 0 Å². The minimum Gasteiger partial charge on any atom is -0.370 e. The molecule has 0 bridgehead atoms. The van der Waals surface area contributed by atoms with Gasteiger partial charge in [0.1, 0.15) is 5.82 Å². The highest BCUT2D eigenvalue weighted by Gasteiger charge is 2.21. The van der Waals surface area contributed by atoms with Crippen molar-refractivity contribution in [3.05, 3.63) is 23.4 Å². The molecule has 0 unspecified atom stereocenters. The number of likely N-dealkylation sites (tertiary alicyclic amines) is 1. The molecule has 3 rings (SSSR count). The second-order valence-electron chi connectivity index (χ2n) is 5.63. The van der Waals surface area contributed by atoms with Crippen LogP contribution in [0.3, 0.4) is 0 Å². The van der Waals surface area contributed by atoms with Gasteiger partial charge < -0.3 is 10.2 Å². The molecule has 2 aliphatic heterocycles. The van der Waals surface area contributed by atoms with Crippen LogP contribution < -0.4 is 5.32 Å². The number of aryl methyl sites for hydroxylation is 2. The van der Waals surface area contributed by atoms with Crippen molar-refractivity contribution in [3.8, 4) is 0 Å². The molecule has 3 heterocycles. The minimum absolute atomic E-state index is 0.649. The standard InChI is InChI=1S/C15H21N3O/c19-11-18-9-7-12(10-18)3-5-14-6-4-13-2-1-8-16-15(13)17-14/h4,6,11-12H,1-3,5,7-10H2,(H,16,17)/t12-/m1/s1. The number of aromatic nitrogens is 1. The van der Waals surface area contributed by atoms with Crippen molar-refractivity contribution < 1.29 is 4.79 Å². The average Bonchev–Trinajstić information content (AvgIpc) is 2.93. The molecule has 102 valence electrons. The Labute approximate surface area is 114 Å². The van der Waals surface area contributed by atoms with Crippen LogP contribution in [0.25, 0.3) is 0 Å². The fraction of sp³-hybridized carbons (Fsp3) is 0.600. The molecule has 0 saturated carbocycles. The molecular weight excluding hydrogens is 238 g/mol. The van der Waals surface area contributed by atoms with Gasteiger partial charge in [-0.2, -0.15) is 0 Å². The summed E-state index contributed by atoms with van der Waals surface area (Å²) in [6.45, 7) is 2.89. The summed E-state index contributed by atoms with van der Waals surface area (Å²) in [5.74, 6) is 1.74. The third kappa shape index (κ3) is 2.88. The van der Waals surface area contributed by atoms with Crippen LogP contribution in [0.5, 0.6) is 0 Å². The second-order valence-corrected chi connectivity index (χ2v) is 5.63. The first-order chi connectivity index (χ1) is 9.35. The number of hydrogen-bond acceptors (Lipinski definition) is 3. The Bertz CT molecular complexity index is 461. The third-order valence-electron chi connectivity index (χ3n) is 4.23. The van der Waals surface area contributed by atoms with Crippen molar-refractivity contribution in [1.29, 1.82) is 0 Å². The van der Waals surface area contributed by atoms with Crippen LogP contribution in [0.15, 0.2) is 12.1 Å². The summed E-state index contributed by atoms with van der Waals surface area (Å²) in [7, 11) is 0. The Morgan fingerprint density at radius 2 is 2.42 bits per heavy atom. The van der Waals surface area contributed by atoms with Crippen molar-refractivity contribution in [2.24, 2.45) is 5.92 Å². The van der Waals surface area contributed by atoms with Crippen molar-refractivity contribution in [2.45, 2.75) is 32.1 Å². The molecule has 1 aromatic heterocycles. The molecule has 0 spiro atoms. The van der Waals surface area contributed by atoms with Gasteiger partial charge >= 0.3 is 0 Å². The van der Waals surface area contributed by atoms with E-state index in [4.69, 9.17) is 4.98 Å². The number of nitrogens with zero attached hydrogens (tertiary/aromatic N) is 2. The summed E-state index contributed by atoms with van der Waals surface area (Å²) < 4.78 is 0. The van der Waals surface area contributed by atoms with E-state index in [0.717, 1.165) is 57.5 Å². The van der Waals surface area contributed by atoms with E-state index < -0.39 is 0 Å². The fourth-order valence-corrected chi connectivity index (χ4v) is 3.05. The number of carbonyl (C=O) groups excluding carboxylic acids is 1. The van der Waals surface area contributed by atoms with Crippen LogP contribution in [0.2, 0.25) is 0 Å². The maximum Gasteiger partial charge on any atom is 0.209 e. The van der Waals surface area contributed by atoms with Gasteiger partial charge in [0.25, 0.3) is 0 Å². The number of rotatable bonds is 4. The number of carbonyl (C=O) groups is 1. The highest BCUT2D eigenvalue weighted by atomic mass is 16.1. The van der Waals surface area contributed by atoms with Crippen LogP contribution >= 0.6 is 0 Å². The monoisotopic (exact) mass is 259 g/mol. The van der Waals surface area contributed by atoms with Gasteiger partial charge in [-0.25, -0.2) is 4.98 Å². The minimum atomic E-state index is 0.649. The van der Waals surface area contributed by atoms with Gasteiger partial charge in [0.2, 0.25) is 6.41 Å². The molecule has 2 aliphatic rings. The molecule has 0 aliphatic carbocycles. The van der Waals surface area contributed by atoms with Crippen LogP contribution in [-0.2, 0) is 17.6 Å². The van der Waals surface area contributed by atoms with Crippen molar-refractivity contribution in [3.63, 3.8) is 0 Å². The quantitative estimate of drug-likeness (QED) is 0.839. The summed E-state index contributed by atoms with van der Waals surface area (Å²) >= 11 is 0. The van der Waals surface area contributed by atoms with E-state index in [1.807, 2.05) is 4.90 Å². The molecule has 1 saturated heterocycles. The molecule has 4 heteroatoms. The first kappa shape index (κ1) is 12.5. The Kier molecular flexibility index (Phi) is 3.67. The number of fused-ring (bicyclic) bond motifs is 1. The van der Waals surface area contributed by atoms with Crippen LogP contribution in [0, 0.1) is 5.92 Å². The molecule has 1 aromatic rings. The van der Waals surface area contributed by atoms with E-state index >= 15 is 0 Å². The van der Waals surface area contributed by atoms with E-state index in [0.29, 0.717) is 5.92 Å². The lowest BCUT2D eigenvalue weighted by atomic mass is 10.00. The van der Waals surface area contributed by atoms with Crippen molar-refractivity contribution in [1.82, 2.24) is 9.88 Å². The lowest BCUT2D eigenvalue weighted by Gasteiger charge is -2.18. The van der Waals surface area contributed by atoms with Crippen LogP contribution in [0.1, 0.15) is 30.5 Å². The highest BCUT2D eigenvalue weighted by Crippen LogP contribution is 2.23. The first-order valence-corrected chi connectivity index (χ1v) is 7.27. The molecule has 0 aromatic carbocycles. The first-order valence-electron chi connectivity index (χ1n) is 7.27. The number of nitrogens with one attached hydrogen (secondary N) is 1. The zero-order chi connectivity index (χ0) is 13.1. The average molecular weight is 259 g/mol. The number of pyridine rings is 1. The Morgan fingerprint density at radius 3 is 3.26 bits per heavy atom. The normalized spacial score (nSPS) is 21.9. The van der Waals surface area contributed by atoms with Crippen LogP contribution in [-0.4, -0.2) is 35.9 Å². The zero-order valence-corrected chi connectivity index (χ0v) is 11.3. The fourth-order valence-electron chi connectivity index (χ4n) is 3.05.